The first-order valence-electron chi connectivity index (χ1n) is 8.22. The number of anilines is 1. The number of rotatable bonds is 4. The number of benzene rings is 1. The highest BCUT2D eigenvalue weighted by Crippen LogP contribution is 2.28. The van der Waals surface area contributed by atoms with E-state index in [2.05, 4.69) is 15.3 Å². The number of hydrogen-bond acceptors (Lipinski definition) is 5. The molecule has 1 aromatic carbocycles. The zero-order chi connectivity index (χ0) is 18.5. The topological polar surface area (TPSA) is 75.9 Å². The van der Waals surface area contributed by atoms with Crippen LogP contribution >= 0.6 is 11.6 Å². The van der Waals surface area contributed by atoms with Gasteiger partial charge in [0.25, 0.3) is 0 Å². The first-order chi connectivity index (χ1) is 12.6. The van der Waals surface area contributed by atoms with Crippen molar-refractivity contribution < 1.29 is 9.53 Å². The smallest absolute Gasteiger partial charge is 0.305 e. The zero-order valence-electron chi connectivity index (χ0n) is 14.6. The third-order valence-corrected chi connectivity index (χ3v) is 4.33. The molecule has 7 heteroatoms. The van der Waals surface area contributed by atoms with Crippen LogP contribution in [0.25, 0.3) is 0 Å². The summed E-state index contributed by atoms with van der Waals surface area (Å²) in [4.78, 5) is 25.2. The van der Waals surface area contributed by atoms with Crippen LogP contribution in [0.5, 0.6) is 0 Å². The Morgan fingerprint density at radius 2 is 2.19 bits per heavy atom. The Hall–Kier alpha value is -2.73. The Kier molecular flexibility index (Phi) is 5.63. The maximum atomic E-state index is 11.6. The SMILES string of the molecule is CN=C1Nc2ccc(Cl)cc2C(c2ccccn2)=NC1CCC(=O)OC. The standard InChI is InChI=1S/C19H19ClN4O2/c1-21-19-16(8-9-17(25)26-2)23-18(15-5-3-4-10-22-15)13-11-12(20)6-7-14(13)24-19/h3-7,10-11,16H,8-9H2,1-2H3,(H,21,24). The van der Waals surface area contributed by atoms with Crippen LogP contribution in [-0.4, -0.2) is 42.7 Å². The fraction of sp³-hybridized carbons (Fsp3) is 0.263. The summed E-state index contributed by atoms with van der Waals surface area (Å²) in [6.07, 6.45) is 2.45. The molecule has 2 heterocycles. The Morgan fingerprint density at radius 3 is 2.88 bits per heavy atom. The molecule has 1 aromatic heterocycles. The number of aliphatic imine (C=N–C) groups is 2. The molecule has 0 saturated heterocycles. The van der Waals surface area contributed by atoms with Gasteiger partial charge in [-0.05, 0) is 36.8 Å². The van der Waals surface area contributed by atoms with Crippen LogP contribution in [-0.2, 0) is 9.53 Å². The number of hydrogen-bond donors (Lipinski definition) is 1. The summed E-state index contributed by atoms with van der Waals surface area (Å²) in [7, 11) is 3.08. The molecule has 1 N–H and O–H groups in total. The molecule has 0 aliphatic carbocycles. The van der Waals surface area contributed by atoms with Crippen molar-refractivity contribution in [3.05, 3.63) is 58.9 Å². The van der Waals surface area contributed by atoms with Crippen molar-refractivity contribution in [2.45, 2.75) is 18.9 Å². The van der Waals surface area contributed by atoms with Gasteiger partial charge in [0.2, 0.25) is 0 Å². The van der Waals surface area contributed by atoms with Gasteiger partial charge in [-0.25, -0.2) is 0 Å². The summed E-state index contributed by atoms with van der Waals surface area (Å²) in [6, 6.07) is 10.9. The van der Waals surface area contributed by atoms with E-state index in [-0.39, 0.29) is 18.4 Å². The second-order valence-electron chi connectivity index (χ2n) is 5.75. The van der Waals surface area contributed by atoms with E-state index in [1.165, 1.54) is 7.11 Å². The van der Waals surface area contributed by atoms with Gasteiger partial charge in [0.15, 0.2) is 0 Å². The van der Waals surface area contributed by atoms with E-state index < -0.39 is 0 Å². The predicted octanol–water partition coefficient (Wildman–Crippen LogP) is 3.35. The second-order valence-corrected chi connectivity index (χ2v) is 6.18. The number of benzodiazepines with no additional fused rings is 1. The molecule has 1 unspecified atom stereocenters. The van der Waals surface area contributed by atoms with Crippen molar-refractivity contribution in [1.82, 2.24) is 4.98 Å². The van der Waals surface area contributed by atoms with E-state index in [4.69, 9.17) is 21.3 Å². The summed E-state index contributed by atoms with van der Waals surface area (Å²) < 4.78 is 4.75. The fourth-order valence-corrected chi connectivity index (χ4v) is 2.97. The molecule has 0 amide bonds. The summed E-state index contributed by atoms with van der Waals surface area (Å²) >= 11 is 6.22. The van der Waals surface area contributed by atoms with Crippen molar-refractivity contribution in [2.24, 2.45) is 9.98 Å². The van der Waals surface area contributed by atoms with Gasteiger partial charge in [-0.3, -0.25) is 19.8 Å². The molecule has 0 fully saturated rings. The highest BCUT2D eigenvalue weighted by molar-refractivity contribution is 6.32. The zero-order valence-corrected chi connectivity index (χ0v) is 15.3. The predicted molar refractivity (Wildman–Crippen MR) is 103 cm³/mol. The van der Waals surface area contributed by atoms with Crippen LogP contribution in [0.4, 0.5) is 5.69 Å². The molecule has 0 saturated carbocycles. The molecule has 0 bridgehead atoms. The number of nitrogens with one attached hydrogen (secondary N) is 1. The number of carbonyl (C=O) groups excluding carboxylic acids is 1. The van der Waals surface area contributed by atoms with E-state index in [0.29, 0.717) is 23.0 Å². The Balaban J connectivity index is 2.10. The van der Waals surface area contributed by atoms with Crippen LogP contribution in [0.1, 0.15) is 24.1 Å². The first kappa shape index (κ1) is 18.1. The number of nitrogens with zero attached hydrogens (tertiary/aromatic N) is 3. The van der Waals surface area contributed by atoms with Crippen LogP contribution < -0.4 is 5.32 Å². The van der Waals surface area contributed by atoms with Gasteiger partial charge >= 0.3 is 5.97 Å². The molecule has 3 rings (SSSR count). The Bertz CT molecular complexity index is 865. The fourth-order valence-electron chi connectivity index (χ4n) is 2.80. The lowest BCUT2D eigenvalue weighted by molar-refractivity contribution is -0.140. The monoisotopic (exact) mass is 370 g/mol. The molecule has 1 aliphatic heterocycles. The number of ether oxygens (including phenoxy) is 1. The van der Waals surface area contributed by atoms with Crippen LogP contribution in [0.2, 0.25) is 5.02 Å². The largest absolute Gasteiger partial charge is 0.469 e. The first-order valence-corrected chi connectivity index (χ1v) is 8.60. The minimum Gasteiger partial charge on any atom is -0.469 e. The number of fused-ring (bicyclic) bond motifs is 1. The number of esters is 1. The maximum absolute atomic E-state index is 11.6. The molecule has 2 aromatic rings. The number of halogens is 1. The van der Waals surface area contributed by atoms with E-state index in [1.807, 2.05) is 36.4 Å². The number of amidine groups is 1. The quantitative estimate of drug-likeness (QED) is 0.837. The highest BCUT2D eigenvalue weighted by atomic mass is 35.5. The van der Waals surface area contributed by atoms with Gasteiger partial charge in [0.05, 0.1) is 18.5 Å². The lowest BCUT2D eigenvalue weighted by Crippen LogP contribution is -2.27. The summed E-state index contributed by atoms with van der Waals surface area (Å²) in [5.41, 5.74) is 3.14. The third kappa shape index (κ3) is 3.91. The van der Waals surface area contributed by atoms with Crippen molar-refractivity contribution in [1.29, 1.82) is 0 Å². The van der Waals surface area contributed by atoms with Gasteiger partial charge in [-0.2, -0.15) is 0 Å². The van der Waals surface area contributed by atoms with Crippen molar-refractivity contribution in [2.75, 3.05) is 19.5 Å². The minimum absolute atomic E-state index is 0.248. The van der Waals surface area contributed by atoms with Crippen molar-refractivity contribution in [3.63, 3.8) is 0 Å². The molecule has 0 radical (unpaired) electrons. The lowest BCUT2D eigenvalue weighted by atomic mass is 10.0. The molecule has 1 atom stereocenters. The molecule has 6 nitrogen and oxygen atoms in total. The third-order valence-electron chi connectivity index (χ3n) is 4.10. The molecule has 0 spiro atoms. The molecular formula is C19H19ClN4O2. The number of methoxy groups -OCH3 is 1. The Labute approximate surface area is 157 Å². The van der Waals surface area contributed by atoms with Crippen molar-refractivity contribution in [3.8, 4) is 0 Å². The lowest BCUT2D eigenvalue weighted by Gasteiger charge is -2.14. The number of aromatic nitrogens is 1. The number of pyridine rings is 1. The molecule has 1 aliphatic rings. The van der Waals surface area contributed by atoms with E-state index in [9.17, 15) is 4.79 Å². The van der Waals surface area contributed by atoms with Gasteiger partial charge < -0.3 is 10.1 Å². The average molecular weight is 371 g/mol. The van der Waals surface area contributed by atoms with E-state index >= 15 is 0 Å². The second kappa shape index (κ2) is 8.10. The molecular weight excluding hydrogens is 352 g/mol. The number of carbonyl (C=O) groups is 1. The van der Waals surface area contributed by atoms with Gasteiger partial charge in [0, 0.05) is 35.9 Å². The van der Waals surface area contributed by atoms with E-state index in [1.54, 1.807) is 13.2 Å². The normalized spacial score (nSPS) is 17.7. The van der Waals surface area contributed by atoms with Crippen LogP contribution in [0.3, 0.4) is 0 Å². The van der Waals surface area contributed by atoms with Crippen molar-refractivity contribution >= 4 is 34.8 Å². The van der Waals surface area contributed by atoms with E-state index in [0.717, 1.165) is 16.9 Å². The maximum Gasteiger partial charge on any atom is 0.305 e. The summed E-state index contributed by atoms with van der Waals surface area (Å²) in [5.74, 6) is 0.406. The van der Waals surface area contributed by atoms with Gasteiger partial charge in [-0.15, -0.1) is 0 Å². The van der Waals surface area contributed by atoms with Crippen LogP contribution in [0.15, 0.2) is 52.6 Å². The summed E-state index contributed by atoms with van der Waals surface area (Å²) in [5, 5.41) is 3.93. The van der Waals surface area contributed by atoms with Gasteiger partial charge in [0.1, 0.15) is 11.9 Å². The average Bonchev–Trinajstić information content (AvgIpc) is 2.83. The Morgan fingerprint density at radius 1 is 1.35 bits per heavy atom. The van der Waals surface area contributed by atoms with Gasteiger partial charge in [-0.1, -0.05) is 17.7 Å². The molecule has 134 valence electrons. The van der Waals surface area contributed by atoms with Crippen LogP contribution in [0, 0.1) is 0 Å². The highest BCUT2D eigenvalue weighted by Gasteiger charge is 2.25. The minimum atomic E-state index is -0.317. The molecule has 26 heavy (non-hydrogen) atoms. The summed E-state index contributed by atoms with van der Waals surface area (Å²) in [6.45, 7) is 0.